The summed E-state index contributed by atoms with van der Waals surface area (Å²) in [6.07, 6.45) is 0. The van der Waals surface area contributed by atoms with Crippen molar-refractivity contribution in [3.63, 3.8) is 0 Å². The van der Waals surface area contributed by atoms with Crippen molar-refractivity contribution in [2.75, 3.05) is 68.6 Å². The molecule has 0 spiro atoms. The van der Waals surface area contributed by atoms with E-state index in [1.807, 2.05) is 18.2 Å². The Morgan fingerprint density at radius 1 is 1.17 bits per heavy atom. The van der Waals surface area contributed by atoms with E-state index in [0.29, 0.717) is 32.1 Å². The van der Waals surface area contributed by atoms with E-state index < -0.39 is 10.0 Å². The van der Waals surface area contributed by atoms with Crippen LogP contribution < -0.4 is 9.62 Å². The zero-order valence-corrected chi connectivity index (χ0v) is 14.2. The molecule has 1 aromatic rings. The molecule has 1 saturated heterocycles. The van der Waals surface area contributed by atoms with Crippen LogP contribution in [0.3, 0.4) is 0 Å². The van der Waals surface area contributed by atoms with Crippen molar-refractivity contribution in [1.82, 2.24) is 0 Å². The zero-order chi connectivity index (χ0) is 16.5. The number of nitrogens with one attached hydrogen (secondary N) is 1. The summed E-state index contributed by atoms with van der Waals surface area (Å²) in [6, 6.07) is 7.40. The summed E-state index contributed by atoms with van der Waals surface area (Å²) in [7, 11) is -1.88. The van der Waals surface area contributed by atoms with Gasteiger partial charge in [-0.2, -0.15) is 0 Å². The van der Waals surface area contributed by atoms with Crippen LogP contribution in [-0.2, 0) is 24.2 Å². The third-order valence-corrected chi connectivity index (χ3v) is 4.68. The second-order valence-corrected chi connectivity index (χ2v) is 6.98. The smallest absolute Gasteiger partial charge is 0.235 e. The van der Waals surface area contributed by atoms with Gasteiger partial charge >= 0.3 is 0 Å². The Labute approximate surface area is 137 Å². The summed E-state index contributed by atoms with van der Waals surface area (Å²) < 4.78 is 42.5. The average Bonchev–Trinajstić information content (AvgIpc) is 2.55. The van der Waals surface area contributed by atoms with Crippen molar-refractivity contribution in [2.45, 2.75) is 0 Å². The molecule has 0 bridgehead atoms. The Morgan fingerprint density at radius 3 is 2.65 bits per heavy atom. The highest BCUT2D eigenvalue weighted by atomic mass is 32.2. The molecule has 0 atom stereocenters. The molecule has 23 heavy (non-hydrogen) atoms. The summed E-state index contributed by atoms with van der Waals surface area (Å²) in [6.45, 7) is 3.77. The van der Waals surface area contributed by atoms with Gasteiger partial charge in [0.1, 0.15) is 0 Å². The topological polar surface area (TPSA) is 77.1 Å². The predicted octanol–water partition coefficient (Wildman–Crippen LogP) is 0.928. The molecule has 0 aromatic heterocycles. The van der Waals surface area contributed by atoms with Gasteiger partial charge in [0.05, 0.1) is 50.2 Å². The fraction of sp³-hybridized carbons (Fsp3) is 0.600. The first-order valence-electron chi connectivity index (χ1n) is 7.61. The third kappa shape index (κ3) is 5.98. The molecule has 1 aliphatic heterocycles. The van der Waals surface area contributed by atoms with Crippen LogP contribution in [0.5, 0.6) is 0 Å². The average molecular weight is 344 g/mol. The molecular weight excluding hydrogens is 320 g/mol. The van der Waals surface area contributed by atoms with E-state index in [1.165, 1.54) is 0 Å². The van der Waals surface area contributed by atoms with Crippen LogP contribution in [0.1, 0.15) is 0 Å². The second-order valence-electron chi connectivity index (χ2n) is 5.14. The number of ether oxygens (including phenoxy) is 3. The molecule has 0 aliphatic carbocycles. The molecule has 130 valence electrons. The van der Waals surface area contributed by atoms with Crippen molar-refractivity contribution >= 4 is 21.4 Å². The Balaban J connectivity index is 1.95. The SMILES string of the molecule is COCCOCCS(=O)(=O)Nc1ccccc1N1CCOCC1. The maximum atomic E-state index is 12.2. The molecule has 1 aliphatic rings. The molecule has 1 fully saturated rings. The van der Waals surface area contributed by atoms with Gasteiger partial charge in [-0.15, -0.1) is 0 Å². The molecule has 7 nitrogen and oxygen atoms in total. The number of sulfonamides is 1. The quantitative estimate of drug-likeness (QED) is 0.672. The maximum Gasteiger partial charge on any atom is 0.235 e. The Bertz CT molecular complexity index is 573. The number of hydrogen-bond acceptors (Lipinski definition) is 6. The van der Waals surface area contributed by atoms with Crippen LogP contribution in [0.2, 0.25) is 0 Å². The zero-order valence-electron chi connectivity index (χ0n) is 13.4. The van der Waals surface area contributed by atoms with Crippen LogP contribution in [0.4, 0.5) is 11.4 Å². The molecule has 1 N–H and O–H groups in total. The lowest BCUT2D eigenvalue weighted by Gasteiger charge is -2.30. The number of anilines is 2. The standard InChI is InChI=1S/C15H24N2O5S/c1-20-10-11-22-12-13-23(18,19)16-14-4-2-3-5-15(14)17-6-8-21-9-7-17/h2-5,16H,6-13H2,1H3. The molecule has 2 rings (SSSR count). The minimum atomic E-state index is -3.46. The highest BCUT2D eigenvalue weighted by Gasteiger charge is 2.18. The number of morpholine rings is 1. The summed E-state index contributed by atoms with van der Waals surface area (Å²) >= 11 is 0. The van der Waals surface area contributed by atoms with Gasteiger partial charge in [-0.25, -0.2) is 8.42 Å². The van der Waals surface area contributed by atoms with Gasteiger partial charge < -0.3 is 19.1 Å². The van der Waals surface area contributed by atoms with E-state index in [0.717, 1.165) is 18.8 Å². The van der Waals surface area contributed by atoms with Crippen molar-refractivity contribution in [1.29, 1.82) is 0 Å². The van der Waals surface area contributed by atoms with Gasteiger partial charge in [-0.3, -0.25) is 4.72 Å². The van der Waals surface area contributed by atoms with Crippen LogP contribution in [0.25, 0.3) is 0 Å². The lowest BCUT2D eigenvalue weighted by atomic mass is 10.2. The second kappa shape index (κ2) is 9.07. The first-order chi connectivity index (χ1) is 11.1. The third-order valence-electron chi connectivity index (χ3n) is 3.45. The fourth-order valence-electron chi connectivity index (χ4n) is 2.27. The molecule has 1 heterocycles. The van der Waals surface area contributed by atoms with E-state index in [4.69, 9.17) is 14.2 Å². The summed E-state index contributed by atoms with van der Waals surface area (Å²) in [5, 5.41) is 0. The van der Waals surface area contributed by atoms with Crippen LogP contribution in [0.15, 0.2) is 24.3 Å². The number of methoxy groups -OCH3 is 1. The molecule has 0 unspecified atom stereocenters. The summed E-state index contributed by atoms with van der Waals surface area (Å²) in [5.74, 6) is -0.0891. The van der Waals surface area contributed by atoms with E-state index in [9.17, 15) is 8.42 Å². The molecule has 1 aromatic carbocycles. The molecule has 0 saturated carbocycles. The number of benzene rings is 1. The maximum absolute atomic E-state index is 12.2. The fourth-order valence-corrected chi connectivity index (χ4v) is 3.22. The predicted molar refractivity (Wildman–Crippen MR) is 89.6 cm³/mol. The minimum absolute atomic E-state index is 0.0891. The van der Waals surface area contributed by atoms with Crippen LogP contribution in [-0.4, -0.2) is 67.4 Å². The number of nitrogens with zero attached hydrogens (tertiary/aromatic N) is 1. The summed E-state index contributed by atoms with van der Waals surface area (Å²) in [5.41, 5.74) is 1.46. The normalized spacial score (nSPS) is 15.6. The van der Waals surface area contributed by atoms with Gasteiger partial charge in [0.15, 0.2) is 0 Å². The Kier molecular flexibility index (Phi) is 7.10. The van der Waals surface area contributed by atoms with Crippen LogP contribution >= 0.6 is 0 Å². The van der Waals surface area contributed by atoms with E-state index in [1.54, 1.807) is 13.2 Å². The van der Waals surface area contributed by atoms with E-state index in [-0.39, 0.29) is 12.4 Å². The van der Waals surface area contributed by atoms with Crippen LogP contribution in [0, 0.1) is 0 Å². The minimum Gasteiger partial charge on any atom is -0.382 e. The molecule has 0 amide bonds. The van der Waals surface area contributed by atoms with Crippen molar-refractivity contribution in [3.8, 4) is 0 Å². The van der Waals surface area contributed by atoms with Gasteiger partial charge in [-0.1, -0.05) is 12.1 Å². The number of hydrogen-bond donors (Lipinski definition) is 1. The monoisotopic (exact) mass is 344 g/mol. The van der Waals surface area contributed by atoms with Crippen molar-refractivity contribution in [3.05, 3.63) is 24.3 Å². The Hall–Kier alpha value is -1.35. The van der Waals surface area contributed by atoms with E-state index >= 15 is 0 Å². The van der Waals surface area contributed by atoms with Crippen molar-refractivity contribution < 1.29 is 22.6 Å². The van der Waals surface area contributed by atoms with Gasteiger partial charge in [0, 0.05) is 20.2 Å². The molecule has 8 heteroatoms. The highest BCUT2D eigenvalue weighted by Crippen LogP contribution is 2.27. The molecule has 0 radical (unpaired) electrons. The van der Waals surface area contributed by atoms with Gasteiger partial charge in [-0.05, 0) is 12.1 Å². The van der Waals surface area contributed by atoms with Crippen molar-refractivity contribution in [2.24, 2.45) is 0 Å². The number of rotatable bonds is 9. The largest absolute Gasteiger partial charge is 0.382 e. The lowest BCUT2D eigenvalue weighted by Crippen LogP contribution is -2.36. The first-order valence-corrected chi connectivity index (χ1v) is 9.26. The lowest BCUT2D eigenvalue weighted by molar-refractivity contribution is 0.0785. The summed E-state index contributed by atoms with van der Waals surface area (Å²) in [4.78, 5) is 2.12. The number of para-hydroxylation sites is 2. The highest BCUT2D eigenvalue weighted by molar-refractivity contribution is 7.92. The first kappa shape index (κ1) is 18.0. The Morgan fingerprint density at radius 2 is 1.91 bits per heavy atom. The van der Waals surface area contributed by atoms with Gasteiger partial charge in [0.25, 0.3) is 0 Å². The van der Waals surface area contributed by atoms with E-state index in [2.05, 4.69) is 9.62 Å². The van der Waals surface area contributed by atoms with Gasteiger partial charge in [0.2, 0.25) is 10.0 Å². The molecular formula is C15H24N2O5S.